The van der Waals surface area contributed by atoms with Crippen molar-refractivity contribution in [1.29, 1.82) is 0 Å². The molecule has 0 unspecified atom stereocenters. The van der Waals surface area contributed by atoms with Crippen LogP contribution in [0.3, 0.4) is 0 Å². The van der Waals surface area contributed by atoms with E-state index in [0.29, 0.717) is 5.76 Å². The molecule has 0 saturated carbocycles. The van der Waals surface area contributed by atoms with Gasteiger partial charge in [0.2, 0.25) is 0 Å². The smallest absolute Gasteiger partial charge is 0.257 e. The van der Waals surface area contributed by atoms with Crippen LogP contribution in [0.15, 0.2) is 71.3 Å². The normalized spacial score (nSPS) is 15.7. The second-order valence-corrected chi connectivity index (χ2v) is 7.20. The van der Waals surface area contributed by atoms with Crippen molar-refractivity contribution in [2.45, 2.75) is 6.04 Å². The number of amides is 1. The van der Waals surface area contributed by atoms with Crippen LogP contribution in [0.4, 0.5) is 14.5 Å². The van der Waals surface area contributed by atoms with Crippen molar-refractivity contribution in [2.24, 2.45) is 0 Å². The Hall–Kier alpha value is -3.19. The Kier molecular flexibility index (Phi) is 6.09. The van der Waals surface area contributed by atoms with E-state index in [4.69, 9.17) is 4.42 Å². The summed E-state index contributed by atoms with van der Waals surface area (Å²) >= 11 is 0. The topological polar surface area (TPSA) is 48.7 Å². The van der Waals surface area contributed by atoms with E-state index in [2.05, 4.69) is 27.2 Å². The third-order valence-corrected chi connectivity index (χ3v) is 5.39. The Labute approximate surface area is 173 Å². The summed E-state index contributed by atoms with van der Waals surface area (Å²) in [6.45, 7) is 3.38. The molecule has 30 heavy (non-hydrogen) atoms. The third-order valence-electron chi connectivity index (χ3n) is 5.39. The molecule has 7 heteroatoms. The molecule has 0 bridgehead atoms. The van der Waals surface area contributed by atoms with Gasteiger partial charge in [0.25, 0.3) is 5.91 Å². The van der Waals surface area contributed by atoms with E-state index in [1.54, 1.807) is 12.3 Å². The zero-order valence-electron chi connectivity index (χ0n) is 16.4. The van der Waals surface area contributed by atoms with Crippen LogP contribution in [0.5, 0.6) is 0 Å². The molecule has 4 rings (SSSR count). The summed E-state index contributed by atoms with van der Waals surface area (Å²) in [7, 11) is 0. The van der Waals surface area contributed by atoms with Crippen molar-refractivity contribution in [3.63, 3.8) is 0 Å². The van der Waals surface area contributed by atoms with Crippen molar-refractivity contribution >= 4 is 11.6 Å². The number of hydrogen-bond donors (Lipinski definition) is 1. The maximum Gasteiger partial charge on any atom is 0.257 e. The van der Waals surface area contributed by atoms with Gasteiger partial charge in [-0.2, -0.15) is 0 Å². The van der Waals surface area contributed by atoms with E-state index < -0.39 is 23.1 Å². The van der Waals surface area contributed by atoms with Gasteiger partial charge in [-0.1, -0.05) is 24.3 Å². The number of carbonyl (C=O) groups is 1. The molecule has 1 amide bonds. The lowest BCUT2D eigenvalue weighted by Crippen LogP contribution is -2.50. The van der Waals surface area contributed by atoms with Crippen LogP contribution in [0, 0.1) is 11.6 Å². The van der Waals surface area contributed by atoms with Gasteiger partial charge >= 0.3 is 0 Å². The fourth-order valence-electron chi connectivity index (χ4n) is 3.81. The Morgan fingerprint density at radius 1 is 0.933 bits per heavy atom. The number of halogens is 2. The summed E-state index contributed by atoms with van der Waals surface area (Å²) in [5, 5.41) is 2.67. The number of furan rings is 1. The highest BCUT2D eigenvalue weighted by molar-refractivity contribution is 5.94. The quantitative estimate of drug-likeness (QED) is 0.669. The lowest BCUT2D eigenvalue weighted by Gasteiger charge is -2.39. The summed E-state index contributed by atoms with van der Waals surface area (Å²) in [6.07, 6.45) is 1.58. The molecule has 2 aromatic carbocycles. The summed E-state index contributed by atoms with van der Waals surface area (Å²) in [4.78, 5) is 17.0. The molecule has 156 valence electrons. The van der Waals surface area contributed by atoms with Crippen LogP contribution in [-0.2, 0) is 0 Å². The first-order valence-electron chi connectivity index (χ1n) is 9.93. The Morgan fingerprint density at radius 2 is 1.63 bits per heavy atom. The summed E-state index contributed by atoms with van der Waals surface area (Å²) in [5.74, 6) is -1.82. The average molecular weight is 411 g/mol. The molecule has 0 aliphatic carbocycles. The maximum absolute atomic E-state index is 13.9. The molecule has 0 spiro atoms. The number of hydrogen-bond acceptors (Lipinski definition) is 4. The number of benzene rings is 2. The van der Waals surface area contributed by atoms with Gasteiger partial charge in [-0.05, 0) is 36.4 Å². The van der Waals surface area contributed by atoms with E-state index in [0.717, 1.165) is 38.3 Å². The Balaban J connectivity index is 1.44. The second-order valence-electron chi connectivity index (χ2n) is 7.20. The highest BCUT2D eigenvalue weighted by Gasteiger charge is 2.28. The minimum Gasteiger partial charge on any atom is -0.468 e. The average Bonchev–Trinajstić information content (AvgIpc) is 3.29. The van der Waals surface area contributed by atoms with E-state index in [1.165, 1.54) is 11.8 Å². The molecule has 1 atom stereocenters. The van der Waals surface area contributed by atoms with Crippen LogP contribution in [0.1, 0.15) is 22.2 Å². The Morgan fingerprint density at radius 3 is 2.27 bits per heavy atom. The lowest BCUT2D eigenvalue weighted by atomic mass is 10.1. The predicted octanol–water partition coefficient (Wildman–Crippen LogP) is 3.85. The lowest BCUT2D eigenvalue weighted by molar-refractivity contribution is 0.0914. The van der Waals surface area contributed by atoms with Crippen LogP contribution < -0.4 is 10.2 Å². The zero-order chi connectivity index (χ0) is 20.9. The fourth-order valence-corrected chi connectivity index (χ4v) is 3.81. The fraction of sp³-hybridized carbons (Fsp3) is 0.261. The predicted molar refractivity (Wildman–Crippen MR) is 110 cm³/mol. The first-order valence-corrected chi connectivity index (χ1v) is 9.93. The maximum atomic E-state index is 13.9. The number of anilines is 1. The SMILES string of the molecule is O=C(NC[C@H](c1ccco1)N1CCN(c2ccccc2)CC1)c1c(F)cccc1F. The molecule has 1 N–H and O–H groups in total. The van der Waals surface area contributed by atoms with Gasteiger partial charge in [0.15, 0.2) is 0 Å². The minimum absolute atomic E-state index is 0.186. The second kappa shape index (κ2) is 9.09. The van der Waals surface area contributed by atoms with Gasteiger partial charge in [0, 0.05) is 38.4 Å². The van der Waals surface area contributed by atoms with Crippen LogP contribution in [-0.4, -0.2) is 43.5 Å². The first-order chi connectivity index (χ1) is 14.6. The zero-order valence-corrected chi connectivity index (χ0v) is 16.4. The van der Waals surface area contributed by atoms with Crippen molar-refractivity contribution in [2.75, 3.05) is 37.6 Å². The Bertz CT molecular complexity index is 951. The van der Waals surface area contributed by atoms with Gasteiger partial charge < -0.3 is 14.6 Å². The molecule has 1 aliphatic heterocycles. The summed E-state index contributed by atoms with van der Waals surface area (Å²) in [5.41, 5.74) is 0.611. The van der Waals surface area contributed by atoms with Crippen LogP contribution in [0.25, 0.3) is 0 Å². The van der Waals surface area contributed by atoms with Crippen molar-refractivity contribution in [1.82, 2.24) is 10.2 Å². The molecular formula is C23H23F2N3O2. The molecule has 0 radical (unpaired) electrons. The highest BCUT2D eigenvalue weighted by Crippen LogP contribution is 2.24. The van der Waals surface area contributed by atoms with E-state index in [9.17, 15) is 13.6 Å². The number of rotatable bonds is 6. The third kappa shape index (κ3) is 4.36. The van der Waals surface area contributed by atoms with Crippen LogP contribution in [0.2, 0.25) is 0 Å². The molecule has 1 aliphatic rings. The van der Waals surface area contributed by atoms with Gasteiger partial charge in [-0.3, -0.25) is 9.69 Å². The van der Waals surface area contributed by atoms with Crippen molar-refractivity contribution < 1.29 is 18.0 Å². The van der Waals surface area contributed by atoms with Crippen molar-refractivity contribution in [3.8, 4) is 0 Å². The summed E-state index contributed by atoms with van der Waals surface area (Å²) in [6, 6.07) is 17.0. The standard InChI is InChI=1S/C23H23F2N3O2/c24-18-8-4-9-19(25)22(18)23(29)26-16-20(21-10-5-15-30-21)28-13-11-27(12-14-28)17-6-2-1-3-7-17/h1-10,15,20H,11-14,16H2,(H,26,29)/t20-/m1/s1. The highest BCUT2D eigenvalue weighted by atomic mass is 19.1. The van der Waals surface area contributed by atoms with E-state index >= 15 is 0 Å². The molecule has 5 nitrogen and oxygen atoms in total. The minimum atomic E-state index is -0.876. The first kappa shape index (κ1) is 20.1. The monoisotopic (exact) mass is 411 g/mol. The van der Waals surface area contributed by atoms with Gasteiger partial charge in [-0.25, -0.2) is 8.78 Å². The van der Waals surface area contributed by atoms with Gasteiger partial charge in [-0.15, -0.1) is 0 Å². The molecule has 2 heterocycles. The van der Waals surface area contributed by atoms with Gasteiger partial charge in [0.05, 0.1) is 12.3 Å². The molecule has 1 fully saturated rings. The summed E-state index contributed by atoms with van der Waals surface area (Å²) < 4.78 is 33.4. The number of nitrogens with zero attached hydrogens (tertiary/aromatic N) is 2. The van der Waals surface area contributed by atoms with E-state index in [1.807, 2.05) is 24.3 Å². The van der Waals surface area contributed by atoms with Crippen LogP contribution >= 0.6 is 0 Å². The molecule has 3 aromatic rings. The number of para-hydroxylation sites is 1. The number of nitrogens with one attached hydrogen (secondary N) is 1. The number of carbonyl (C=O) groups excluding carboxylic acids is 1. The number of piperazine rings is 1. The van der Waals surface area contributed by atoms with Gasteiger partial charge in [0.1, 0.15) is 23.0 Å². The molecule has 1 aromatic heterocycles. The van der Waals surface area contributed by atoms with E-state index in [-0.39, 0.29) is 12.6 Å². The molecule has 1 saturated heterocycles. The molecular weight excluding hydrogens is 388 g/mol. The largest absolute Gasteiger partial charge is 0.468 e. The van der Waals surface area contributed by atoms with Crippen molar-refractivity contribution in [3.05, 3.63) is 89.9 Å².